The Balaban J connectivity index is 4.57. The van der Waals surface area contributed by atoms with Crippen LogP contribution in [0.15, 0.2) is 0 Å². The lowest BCUT2D eigenvalue weighted by atomic mass is 10.3. The van der Waals surface area contributed by atoms with Gasteiger partial charge >= 0.3 is 0 Å². The summed E-state index contributed by atoms with van der Waals surface area (Å²) in [5.74, 6) is 0. The van der Waals surface area contributed by atoms with E-state index in [1.807, 2.05) is 27.7 Å². The van der Waals surface area contributed by atoms with Gasteiger partial charge in [-0.25, -0.2) is 0 Å². The number of thiocarbonyl (C=S) groups is 2. The molecule has 0 aliphatic rings. The van der Waals surface area contributed by atoms with Crippen LogP contribution in [-0.4, -0.2) is 18.6 Å². The molecule has 2 nitrogen and oxygen atoms in total. The van der Waals surface area contributed by atoms with Crippen LogP contribution in [0.3, 0.4) is 0 Å². The number of thiol groups is 2. The van der Waals surface area contributed by atoms with E-state index < -0.39 is 9.87 Å². The topological polar surface area (TPSA) is 18.5 Å². The molecule has 0 aromatic carbocycles. The van der Waals surface area contributed by atoms with Gasteiger partial charge in [0.2, 0.25) is 8.77 Å². The van der Waals surface area contributed by atoms with Crippen LogP contribution >= 0.6 is 71.3 Å². The predicted octanol–water partition coefficient (Wildman–Crippen LogP) is 5.08. The fourth-order valence-corrected chi connectivity index (χ4v) is 4.63. The van der Waals surface area contributed by atoms with Crippen LogP contribution < -0.4 is 0 Å². The van der Waals surface area contributed by atoms with Crippen LogP contribution in [0.5, 0.6) is 0 Å². The molecule has 0 bridgehead atoms. The minimum absolute atomic E-state index is 0.247. The maximum absolute atomic E-state index is 5.56. The Morgan fingerprint density at radius 1 is 0.944 bits per heavy atom. The Labute approximate surface area is 139 Å². The maximum atomic E-state index is 5.56. The summed E-state index contributed by atoms with van der Waals surface area (Å²) < 4.78 is 11.6. The van der Waals surface area contributed by atoms with Crippen molar-refractivity contribution in [1.29, 1.82) is 0 Å². The molecule has 0 aliphatic heterocycles. The Hall–Kier alpha value is 1.18. The normalized spacial score (nSPS) is 17.4. The lowest BCUT2D eigenvalue weighted by Gasteiger charge is -2.33. The molecule has 0 spiro atoms. The van der Waals surface area contributed by atoms with Gasteiger partial charge in [0, 0.05) is 0 Å². The summed E-state index contributed by atoms with van der Waals surface area (Å²) in [5.41, 5.74) is 0. The van der Waals surface area contributed by atoms with Crippen molar-refractivity contribution in [1.82, 2.24) is 0 Å². The quantitative estimate of drug-likeness (QED) is 0.283. The summed E-state index contributed by atoms with van der Waals surface area (Å²) >= 11 is 17.8. The zero-order chi connectivity index (χ0) is 14.4. The Bertz CT molecular complexity index is 281. The fourth-order valence-electron chi connectivity index (χ4n) is 0.842. The highest BCUT2D eigenvalue weighted by atomic mass is 33.1. The van der Waals surface area contributed by atoms with Crippen molar-refractivity contribution < 1.29 is 9.47 Å². The first-order chi connectivity index (χ1) is 8.16. The second-order valence-electron chi connectivity index (χ2n) is 3.88. The van der Waals surface area contributed by atoms with Gasteiger partial charge < -0.3 is 9.47 Å². The first kappa shape index (κ1) is 19.2. The summed E-state index contributed by atoms with van der Waals surface area (Å²) in [6.07, 6.45) is 1.60. The van der Waals surface area contributed by atoms with Crippen molar-refractivity contribution >= 4 is 80.0 Å². The van der Waals surface area contributed by atoms with Crippen LogP contribution in [0.25, 0.3) is 0 Å². The van der Waals surface area contributed by atoms with E-state index in [2.05, 4.69) is 25.3 Å². The van der Waals surface area contributed by atoms with Gasteiger partial charge in [0.25, 0.3) is 0 Å². The van der Waals surface area contributed by atoms with Crippen LogP contribution in [0.1, 0.15) is 40.5 Å². The molecule has 106 valence electrons. The zero-order valence-electron chi connectivity index (χ0n) is 10.8. The molecular formula is C10H18O2S6. The Morgan fingerprint density at radius 3 is 1.39 bits per heavy atom. The molecule has 0 saturated carbocycles. The summed E-state index contributed by atoms with van der Waals surface area (Å²) in [7, 11) is 3.13. The first-order valence-corrected chi connectivity index (χ1v) is 9.23. The van der Waals surface area contributed by atoms with E-state index in [1.54, 1.807) is 21.6 Å². The highest BCUT2D eigenvalue weighted by molar-refractivity contribution is 8.77. The molecule has 0 aliphatic carbocycles. The predicted molar refractivity (Wildman–Crippen MR) is 97.9 cm³/mol. The molecule has 0 radical (unpaired) electrons. The Morgan fingerprint density at radius 2 is 1.22 bits per heavy atom. The smallest absolute Gasteiger partial charge is 0.218 e. The fraction of sp³-hybridized carbons (Fsp3) is 0.800. The van der Waals surface area contributed by atoms with Crippen molar-refractivity contribution in [3.8, 4) is 0 Å². The standard InChI is InChI=1S/C10H18O2S6/c1-5-9(3,11-7(13)14)17-18-10(4,6-2)12-8(15)16/h5-6H2,1-4H3,(H,13,14)(H,15,16). The third-order valence-corrected chi connectivity index (χ3v) is 6.53. The summed E-state index contributed by atoms with van der Waals surface area (Å²) in [6.45, 7) is 8.02. The summed E-state index contributed by atoms with van der Waals surface area (Å²) in [4.78, 5) is -0.858. The molecule has 0 saturated heterocycles. The van der Waals surface area contributed by atoms with E-state index in [4.69, 9.17) is 33.9 Å². The summed E-state index contributed by atoms with van der Waals surface area (Å²) in [5, 5.41) is 0. The molecule has 0 aromatic heterocycles. The average molecular weight is 363 g/mol. The second-order valence-corrected chi connectivity index (χ2v) is 9.10. The molecule has 2 atom stereocenters. The number of ether oxygens (including phenoxy) is 2. The molecule has 0 N–H and O–H groups in total. The largest absolute Gasteiger partial charge is 0.460 e. The van der Waals surface area contributed by atoms with Crippen molar-refractivity contribution in [3.63, 3.8) is 0 Å². The van der Waals surface area contributed by atoms with E-state index in [-0.39, 0.29) is 8.77 Å². The molecule has 2 unspecified atom stereocenters. The van der Waals surface area contributed by atoms with Gasteiger partial charge in [0.1, 0.15) is 0 Å². The monoisotopic (exact) mass is 362 g/mol. The van der Waals surface area contributed by atoms with Gasteiger partial charge in [0.05, 0.1) is 0 Å². The molecule has 0 amide bonds. The first-order valence-electron chi connectivity index (χ1n) is 5.37. The van der Waals surface area contributed by atoms with E-state index in [0.29, 0.717) is 0 Å². The van der Waals surface area contributed by atoms with Gasteiger partial charge in [-0.15, -0.1) is 0 Å². The summed E-state index contributed by atoms with van der Waals surface area (Å²) in [6, 6.07) is 0. The molecule has 18 heavy (non-hydrogen) atoms. The van der Waals surface area contributed by atoms with Gasteiger partial charge in [-0.05, 0) is 72.7 Å². The number of rotatable bonds is 7. The van der Waals surface area contributed by atoms with Crippen LogP contribution in [0.2, 0.25) is 0 Å². The van der Waals surface area contributed by atoms with Crippen LogP contribution in [-0.2, 0) is 9.47 Å². The molecular weight excluding hydrogens is 345 g/mol. The molecule has 0 aromatic rings. The SMILES string of the molecule is CCC(C)(OC(=S)S)SSC(C)(CC)OC(=S)S. The van der Waals surface area contributed by atoms with Gasteiger partial charge in [0.15, 0.2) is 9.87 Å². The van der Waals surface area contributed by atoms with Gasteiger partial charge in [-0.3, -0.25) is 0 Å². The second kappa shape index (κ2) is 8.46. The van der Waals surface area contributed by atoms with Gasteiger partial charge in [-0.2, -0.15) is 0 Å². The third-order valence-electron chi connectivity index (χ3n) is 2.29. The molecule has 0 fully saturated rings. The third kappa shape index (κ3) is 7.69. The van der Waals surface area contributed by atoms with Crippen molar-refractivity contribution in [2.24, 2.45) is 0 Å². The average Bonchev–Trinajstić information content (AvgIpc) is 2.25. The van der Waals surface area contributed by atoms with Crippen molar-refractivity contribution in [3.05, 3.63) is 0 Å². The minimum atomic E-state index is -0.429. The lowest BCUT2D eigenvalue weighted by molar-refractivity contribution is 0.176. The van der Waals surface area contributed by atoms with Crippen molar-refractivity contribution in [2.45, 2.75) is 50.4 Å². The minimum Gasteiger partial charge on any atom is -0.460 e. The molecule has 8 heteroatoms. The Kier molecular flexibility index (Phi) is 9.02. The maximum Gasteiger partial charge on any atom is 0.218 e. The van der Waals surface area contributed by atoms with Crippen LogP contribution in [0, 0.1) is 0 Å². The lowest BCUT2D eigenvalue weighted by Crippen LogP contribution is -2.28. The molecule has 0 rings (SSSR count). The van der Waals surface area contributed by atoms with E-state index in [0.717, 1.165) is 12.8 Å². The zero-order valence-corrected chi connectivity index (χ0v) is 15.8. The van der Waals surface area contributed by atoms with E-state index in [9.17, 15) is 0 Å². The van der Waals surface area contributed by atoms with E-state index >= 15 is 0 Å². The molecule has 0 heterocycles. The van der Waals surface area contributed by atoms with Gasteiger partial charge in [-0.1, -0.05) is 39.1 Å². The van der Waals surface area contributed by atoms with Crippen molar-refractivity contribution in [2.75, 3.05) is 0 Å². The number of hydrogen-bond acceptors (Lipinski definition) is 6. The highest BCUT2D eigenvalue weighted by Gasteiger charge is 2.33. The van der Waals surface area contributed by atoms with E-state index in [1.165, 1.54) is 0 Å². The number of hydrogen-bond donors (Lipinski definition) is 2. The highest BCUT2D eigenvalue weighted by Crippen LogP contribution is 2.48. The van der Waals surface area contributed by atoms with Crippen LogP contribution in [0.4, 0.5) is 0 Å².